The van der Waals surface area contributed by atoms with E-state index in [1.54, 1.807) is 0 Å². The zero-order valence-electron chi connectivity index (χ0n) is 10.2. The van der Waals surface area contributed by atoms with Gasteiger partial charge >= 0.3 is 0 Å². The van der Waals surface area contributed by atoms with Crippen LogP contribution in [0.2, 0.25) is 0 Å². The van der Waals surface area contributed by atoms with Gasteiger partial charge in [0.15, 0.2) is 0 Å². The Bertz CT molecular complexity index is 218. The van der Waals surface area contributed by atoms with Gasteiger partial charge in [0.25, 0.3) is 0 Å². The third kappa shape index (κ3) is 2.57. The van der Waals surface area contributed by atoms with Crippen molar-refractivity contribution >= 4 is 11.8 Å². The molecular formula is C13H25NOS. The lowest BCUT2D eigenvalue weighted by Gasteiger charge is -2.47. The van der Waals surface area contributed by atoms with Crippen LogP contribution in [0.25, 0.3) is 0 Å². The Morgan fingerprint density at radius 2 is 1.50 bits per heavy atom. The fraction of sp³-hybridized carbons (Fsp3) is 1.00. The SMILES string of the molecule is NC1(C2(O)CCCSC2)CCCCCCC1. The van der Waals surface area contributed by atoms with Gasteiger partial charge in [0.2, 0.25) is 0 Å². The van der Waals surface area contributed by atoms with Crippen molar-refractivity contribution in [1.29, 1.82) is 0 Å². The predicted molar refractivity (Wildman–Crippen MR) is 70.7 cm³/mol. The van der Waals surface area contributed by atoms with Crippen LogP contribution in [-0.4, -0.2) is 27.8 Å². The Labute approximate surface area is 103 Å². The Balaban J connectivity index is 2.06. The highest BCUT2D eigenvalue weighted by atomic mass is 32.2. The molecule has 1 aliphatic carbocycles. The zero-order valence-corrected chi connectivity index (χ0v) is 11.0. The van der Waals surface area contributed by atoms with Crippen molar-refractivity contribution in [3.05, 3.63) is 0 Å². The van der Waals surface area contributed by atoms with Crippen molar-refractivity contribution in [2.45, 2.75) is 68.9 Å². The molecule has 16 heavy (non-hydrogen) atoms. The third-order valence-electron chi connectivity index (χ3n) is 4.39. The standard InChI is InChI=1S/C13H25NOS/c14-12(7-4-2-1-3-5-8-12)13(15)9-6-10-16-11-13/h15H,1-11,14H2. The van der Waals surface area contributed by atoms with Gasteiger partial charge in [-0.25, -0.2) is 0 Å². The lowest BCUT2D eigenvalue weighted by atomic mass is 9.71. The normalized spacial score (nSPS) is 36.4. The third-order valence-corrected chi connectivity index (χ3v) is 5.65. The van der Waals surface area contributed by atoms with Crippen molar-refractivity contribution in [3.8, 4) is 0 Å². The first-order chi connectivity index (χ1) is 7.66. The summed E-state index contributed by atoms with van der Waals surface area (Å²) in [6.45, 7) is 0. The van der Waals surface area contributed by atoms with Crippen LogP contribution in [0.4, 0.5) is 0 Å². The molecule has 0 radical (unpaired) electrons. The first kappa shape index (κ1) is 12.7. The second-order valence-electron chi connectivity index (χ2n) is 5.61. The molecule has 1 atom stereocenters. The van der Waals surface area contributed by atoms with E-state index in [1.165, 1.54) is 37.9 Å². The molecular weight excluding hydrogens is 218 g/mol. The molecule has 3 heteroatoms. The van der Waals surface area contributed by atoms with Crippen LogP contribution in [0, 0.1) is 0 Å². The topological polar surface area (TPSA) is 46.2 Å². The molecule has 94 valence electrons. The molecule has 2 fully saturated rings. The Morgan fingerprint density at radius 3 is 2.06 bits per heavy atom. The molecule has 2 nitrogen and oxygen atoms in total. The molecule has 1 heterocycles. The number of hydrogen-bond acceptors (Lipinski definition) is 3. The van der Waals surface area contributed by atoms with Gasteiger partial charge in [-0.15, -0.1) is 0 Å². The fourth-order valence-electron chi connectivity index (χ4n) is 3.17. The van der Waals surface area contributed by atoms with Crippen molar-refractivity contribution in [1.82, 2.24) is 0 Å². The van der Waals surface area contributed by atoms with Gasteiger partial charge in [0.1, 0.15) is 0 Å². The van der Waals surface area contributed by atoms with Crippen LogP contribution in [0.5, 0.6) is 0 Å². The van der Waals surface area contributed by atoms with Crippen molar-refractivity contribution < 1.29 is 5.11 Å². The minimum absolute atomic E-state index is 0.305. The lowest BCUT2D eigenvalue weighted by Crippen LogP contribution is -2.63. The Kier molecular flexibility index (Phi) is 4.20. The second kappa shape index (κ2) is 5.28. The minimum Gasteiger partial charge on any atom is -0.387 e. The van der Waals surface area contributed by atoms with Gasteiger partial charge in [-0.2, -0.15) is 11.8 Å². The highest BCUT2D eigenvalue weighted by Crippen LogP contribution is 2.40. The summed E-state index contributed by atoms with van der Waals surface area (Å²) in [5, 5.41) is 10.8. The molecule has 1 saturated carbocycles. The first-order valence-electron chi connectivity index (χ1n) is 6.75. The molecule has 2 aliphatic rings. The van der Waals surface area contributed by atoms with Crippen LogP contribution >= 0.6 is 11.8 Å². The lowest BCUT2D eigenvalue weighted by molar-refractivity contribution is -0.0363. The molecule has 0 aromatic rings. The van der Waals surface area contributed by atoms with E-state index in [1.807, 2.05) is 11.8 Å². The van der Waals surface area contributed by atoms with Gasteiger partial charge in [-0.05, 0) is 31.4 Å². The van der Waals surface area contributed by atoms with E-state index in [9.17, 15) is 5.11 Å². The average molecular weight is 243 g/mol. The predicted octanol–water partition coefficient (Wildman–Crippen LogP) is 2.69. The highest BCUT2D eigenvalue weighted by molar-refractivity contribution is 7.99. The number of hydrogen-bond donors (Lipinski definition) is 2. The van der Waals surface area contributed by atoms with Gasteiger partial charge in [-0.1, -0.05) is 32.1 Å². The fourth-order valence-corrected chi connectivity index (χ4v) is 4.44. The summed E-state index contributed by atoms with van der Waals surface area (Å²) >= 11 is 1.88. The second-order valence-corrected chi connectivity index (χ2v) is 6.72. The van der Waals surface area contributed by atoms with Gasteiger partial charge in [0, 0.05) is 11.3 Å². The molecule has 1 saturated heterocycles. The number of rotatable bonds is 1. The molecule has 0 bridgehead atoms. The van der Waals surface area contributed by atoms with E-state index < -0.39 is 5.60 Å². The van der Waals surface area contributed by atoms with Gasteiger partial charge in [-0.3, -0.25) is 0 Å². The summed E-state index contributed by atoms with van der Waals surface area (Å²) < 4.78 is 0. The average Bonchev–Trinajstić information content (AvgIpc) is 2.25. The molecule has 0 aromatic carbocycles. The largest absolute Gasteiger partial charge is 0.387 e. The summed E-state index contributed by atoms with van der Waals surface area (Å²) in [5.41, 5.74) is 5.68. The number of thioether (sulfide) groups is 1. The van der Waals surface area contributed by atoms with E-state index in [0.717, 1.165) is 31.4 Å². The summed E-state index contributed by atoms with van der Waals surface area (Å²) in [7, 11) is 0. The number of aliphatic hydroxyl groups is 1. The smallest absolute Gasteiger partial charge is 0.0916 e. The zero-order chi connectivity index (χ0) is 11.5. The summed E-state index contributed by atoms with van der Waals surface area (Å²) in [6.07, 6.45) is 10.4. The molecule has 3 N–H and O–H groups in total. The Morgan fingerprint density at radius 1 is 0.875 bits per heavy atom. The van der Waals surface area contributed by atoms with Crippen LogP contribution < -0.4 is 5.73 Å². The maximum atomic E-state index is 10.8. The molecule has 0 aromatic heterocycles. The summed E-state index contributed by atoms with van der Waals surface area (Å²) in [5.74, 6) is 2.04. The van der Waals surface area contributed by atoms with Gasteiger partial charge < -0.3 is 10.8 Å². The van der Waals surface area contributed by atoms with E-state index in [-0.39, 0.29) is 5.54 Å². The van der Waals surface area contributed by atoms with Crippen LogP contribution in [-0.2, 0) is 0 Å². The monoisotopic (exact) mass is 243 g/mol. The van der Waals surface area contributed by atoms with E-state index in [0.29, 0.717) is 0 Å². The highest BCUT2D eigenvalue weighted by Gasteiger charge is 2.47. The maximum absolute atomic E-state index is 10.8. The van der Waals surface area contributed by atoms with E-state index >= 15 is 0 Å². The molecule has 1 aliphatic heterocycles. The van der Waals surface area contributed by atoms with Crippen molar-refractivity contribution in [3.63, 3.8) is 0 Å². The number of nitrogens with two attached hydrogens (primary N) is 1. The quantitative estimate of drug-likeness (QED) is 0.744. The first-order valence-corrected chi connectivity index (χ1v) is 7.91. The Hall–Kier alpha value is 0.270. The molecule has 1 unspecified atom stereocenters. The van der Waals surface area contributed by atoms with Crippen LogP contribution in [0.15, 0.2) is 0 Å². The molecule has 0 amide bonds. The van der Waals surface area contributed by atoms with E-state index in [2.05, 4.69) is 0 Å². The summed E-state index contributed by atoms with van der Waals surface area (Å²) in [4.78, 5) is 0. The minimum atomic E-state index is -0.590. The van der Waals surface area contributed by atoms with Crippen molar-refractivity contribution in [2.75, 3.05) is 11.5 Å². The van der Waals surface area contributed by atoms with Crippen molar-refractivity contribution in [2.24, 2.45) is 5.73 Å². The molecule has 2 rings (SSSR count). The van der Waals surface area contributed by atoms with E-state index in [4.69, 9.17) is 5.73 Å². The van der Waals surface area contributed by atoms with Gasteiger partial charge in [0.05, 0.1) is 5.60 Å². The van der Waals surface area contributed by atoms with Crippen LogP contribution in [0.3, 0.4) is 0 Å². The van der Waals surface area contributed by atoms with Crippen LogP contribution in [0.1, 0.15) is 57.8 Å². The molecule has 0 spiro atoms. The summed E-state index contributed by atoms with van der Waals surface area (Å²) in [6, 6.07) is 0. The maximum Gasteiger partial charge on any atom is 0.0916 e.